The zero-order valence-electron chi connectivity index (χ0n) is 6.18. The molecule has 2 aromatic rings. The van der Waals surface area contributed by atoms with E-state index in [1.165, 1.54) is 6.33 Å². The summed E-state index contributed by atoms with van der Waals surface area (Å²) in [4.78, 5) is 7.35. The Bertz CT molecular complexity index is 255. The Morgan fingerprint density at radius 3 is 2.08 bits per heavy atom. The van der Waals surface area contributed by atoms with E-state index in [4.69, 9.17) is 11.6 Å². The number of hydrogen-bond acceptors (Lipinski definition) is 3. The first kappa shape index (κ1) is 8.67. The standard InChI is InChI=1S/C4H4N2.C3H3ClN2/c1-2-5-4-6-3-1;4-3-1-2-5-6-3/h1-4H;1-2H,(H,5,6). The van der Waals surface area contributed by atoms with Crippen molar-refractivity contribution in [1.82, 2.24) is 20.2 Å². The van der Waals surface area contributed by atoms with Crippen LogP contribution in [-0.4, -0.2) is 20.2 Å². The lowest BCUT2D eigenvalue weighted by atomic mass is 10.7. The number of aromatic amines is 1. The molecule has 2 rings (SSSR count). The van der Waals surface area contributed by atoms with Gasteiger partial charge in [0.05, 0.1) is 6.20 Å². The van der Waals surface area contributed by atoms with E-state index >= 15 is 0 Å². The molecule has 1 N–H and O–H groups in total. The number of nitrogens with one attached hydrogen (secondary N) is 1. The highest BCUT2D eigenvalue weighted by Crippen LogP contribution is 1.96. The van der Waals surface area contributed by atoms with Crippen molar-refractivity contribution >= 4 is 11.6 Å². The maximum atomic E-state index is 5.34. The largest absolute Gasteiger partial charge is 0.267 e. The lowest BCUT2D eigenvalue weighted by Gasteiger charge is -1.70. The third-order valence-electron chi connectivity index (χ3n) is 0.944. The van der Waals surface area contributed by atoms with Gasteiger partial charge in [-0.05, 0) is 12.1 Å². The second-order valence-electron chi connectivity index (χ2n) is 1.81. The number of halogens is 1. The Balaban J connectivity index is 0.000000120. The summed E-state index contributed by atoms with van der Waals surface area (Å²) in [5.74, 6) is 0. The van der Waals surface area contributed by atoms with Crippen LogP contribution in [0, 0.1) is 0 Å². The van der Waals surface area contributed by atoms with Crippen molar-refractivity contribution in [2.75, 3.05) is 0 Å². The normalized spacial score (nSPS) is 8.42. The quantitative estimate of drug-likeness (QED) is 0.673. The molecule has 0 unspecified atom stereocenters. The number of hydrogen-bond donors (Lipinski definition) is 1. The van der Waals surface area contributed by atoms with E-state index in [2.05, 4.69) is 20.2 Å². The van der Waals surface area contributed by atoms with Gasteiger partial charge < -0.3 is 0 Å². The van der Waals surface area contributed by atoms with Crippen molar-refractivity contribution in [3.63, 3.8) is 0 Å². The zero-order chi connectivity index (χ0) is 8.65. The summed E-state index contributed by atoms with van der Waals surface area (Å²) in [7, 11) is 0. The lowest BCUT2D eigenvalue weighted by molar-refractivity contribution is 1.09. The fourth-order valence-electron chi connectivity index (χ4n) is 0.492. The SMILES string of the molecule is Clc1ccn[nH]1.c1cncnc1. The van der Waals surface area contributed by atoms with Crippen LogP contribution in [0.3, 0.4) is 0 Å². The summed E-state index contributed by atoms with van der Waals surface area (Å²) >= 11 is 5.34. The van der Waals surface area contributed by atoms with Crippen LogP contribution in [-0.2, 0) is 0 Å². The van der Waals surface area contributed by atoms with Crippen LogP contribution in [0.4, 0.5) is 0 Å². The summed E-state index contributed by atoms with van der Waals surface area (Å²) in [6.07, 6.45) is 6.47. The fraction of sp³-hybridized carbons (Fsp3) is 0. The minimum absolute atomic E-state index is 0.579. The van der Waals surface area contributed by atoms with Gasteiger partial charge in [-0.25, -0.2) is 9.97 Å². The molecule has 0 atom stereocenters. The van der Waals surface area contributed by atoms with Crippen molar-refractivity contribution in [2.45, 2.75) is 0 Å². The molecule has 4 nitrogen and oxygen atoms in total. The summed E-state index contributed by atoms with van der Waals surface area (Å²) in [5.41, 5.74) is 0. The zero-order valence-corrected chi connectivity index (χ0v) is 6.94. The summed E-state index contributed by atoms with van der Waals surface area (Å²) in [6, 6.07) is 3.46. The van der Waals surface area contributed by atoms with E-state index < -0.39 is 0 Å². The van der Waals surface area contributed by atoms with Crippen LogP contribution in [0.5, 0.6) is 0 Å². The van der Waals surface area contributed by atoms with Gasteiger partial charge >= 0.3 is 0 Å². The smallest absolute Gasteiger partial charge is 0.124 e. The average Bonchev–Trinajstić information content (AvgIpc) is 2.60. The van der Waals surface area contributed by atoms with Gasteiger partial charge in [0.25, 0.3) is 0 Å². The minimum atomic E-state index is 0.579. The monoisotopic (exact) mass is 182 g/mol. The Labute approximate surface area is 74.6 Å². The number of rotatable bonds is 0. The predicted octanol–water partition coefficient (Wildman–Crippen LogP) is 1.54. The molecule has 0 amide bonds. The first-order valence-electron chi connectivity index (χ1n) is 3.24. The van der Waals surface area contributed by atoms with Gasteiger partial charge in [0.1, 0.15) is 11.5 Å². The average molecular weight is 183 g/mol. The van der Waals surface area contributed by atoms with E-state index in [1.807, 2.05) is 0 Å². The Morgan fingerprint density at radius 1 is 1.17 bits per heavy atom. The van der Waals surface area contributed by atoms with Gasteiger partial charge in [-0.1, -0.05) is 11.6 Å². The Morgan fingerprint density at radius 2 is 1.92 bits per heavy atom. The van der Waals surface area contributed by atoms with E-state index in [9.17, 15) is 0 Å². The van der Waals surface area contributed by atoms with E-state index in [0.29, 0.717) is 5.15 Å². The molecule has 0 bridgehead atoms. The molecule has 0 aliphatic rings. The highest BCUT2D eigenvalue weighted by molar-refractivity contribution is 6.29. The number of nitrogens with zero attached hydrogens (tertiary/aromatic N) is 3. The van der Waals surface area contributed by atoms with Gasteiger partial charge in [0, 0.05) is 12.4 Å². The molecular formula is C7H7ClN4. The van der Waals surface area contributed by atoms with Crippen molar-refractivity contribution in [3.05, 3.63) is 42.2 Å². The molecule has 0 spiro atoms. The summed E-state index contributed by atoms with van der Waals surface area (Å²) in [6.45, 7) is 0. The predicted molar refractivity (Wildman–Crippen MR) is 45.6 cm³/mol. The Hall–Kier alpha value is -1.42. The van der Waals surface area contributed by atoms with Crippen LogP contribution < -0.4 is 0 Å². The summed E-state index contributed by atoms with van der Waals surface area (Å²) < 4.78 is 0. The second-order valence-corrected chi connectivity index (χ2v) is 2.22. The molecular weight excluding hydrogens is 176 g/mol. The van der Waals surface area contributed by atoms with Crippen molar-refractivity contribution in [3.8, 4) is 0 Å². The van der Waals surface area contributed by atoms with Crippen molar-refractivity contribution < 1.29 is 0 Å². The van der Waals surface area contributed by atoms with Gasteiger partial charge in [-0.3, -0.25) is 5.10 Å². The van der Waals surface area contributed by atoms with Crippen LogP contribution >= 0.6 is 11.6 Å². The molecule has 0 aromatic carbocycles. The maximum absolute atomic E-state index is 5.34. The molecule has 0 saturated carbocycles. The minimum Gasteiger partial charge on any atom is -0.267 e. The van der Waals surface area contributed by atoms with E-state index in [-0.39, 0.29) is 0 Å². The van der Waals surface area contributed by atoms with Crippen LogP contribution in [0.25, 0.3) is 0 Å². The third kappa shape index (κ3) is 3.68. The van der Waals surface area contributed by atoms with Crippen LogP contribution in [0.1, 0.15) is 0 Å². The molecule has 5 heteroatoms. The van der Waals surface area contributed by atoms with Crippen molar-refractivity contribution in [2.24, 2.45) is 0 Å². The fourth-order valence-corrected chi connectivity index (χ4v) is 0.597. The molecule has 62 valence electrons. The topological polar surface area (TPSA) is 54.5 Å². The lowest BCUT2D eigenvalue weighted by Crippen LogP contribution is -1.66. The molecule has 12 heavy (non-hydrogen) atoms. The Kier molecular flexibility index (Phi) is 3.80. The molecule has 0 radical (unpaired) electrons. The van der Waals surface area contributed by atoms with Gasteiger partial charge in [-0.2, -0.15) is 5.10 Å². The van der Waals surface area contributed by atoms with E-state index in [1.54, 1.807) is 30.7 Å². The molecule has 0 fully saturated rings. The molecule has 2 heterocycles. The van der Waals surface area contributed by atoms with E-state index in [0.717, 1.165) is 0 Å². The second kappa shape index (κ2) is 5.26. The molecule has 0 aliphatic heterocycles. The van der Waals surface area contributed by atoms with Gasteiger partial charge in [0.15, 0.2) is 0 Å². The van der Waals surface area contributed by atoms with Crippen molar-refractivity contribution in [1.29, 1.82) is 0 Å². The number of H-pyrrole nitrogens is 1. The third-order valence-corrected chi connectivity index (χ3v) is 1.15. The van der Waals surface area contributed by atoms with Gasteiger partial charge in [-0.15, -0.1) is 0 Å². The molecule has 2 aromatic heterocycles. The number of aromatic nitrogens is 4. The first-order chi connectivity index (χ1) is 5.89. The van der Waals surface area contributed by atoms with Gasteiger partial charge in [0.2, 0.25) is 0 Å². The molecule has 0 saturated heterocycles. The molecule has 0 aliphatic carbocycles. The summed E-state index contributed by atoms with van der Waals surface area (Å²) in [5, 5.41) is 6.66. The van der Waals surface area contributed by atoms with Crippen LogP contribution in [0.15, 0.2) is 37.1 Å². The first-order valence-corrected chi connectivity index (χ1v) is 3.62. The maximum Gasteiger partial charge on any atom is 0.124 e. The highest BCUT2D eigenvalue weighted by atomic mass is 35.5. The highest BCUT2D eigenvalue weighted by Gasteiger charge is 1.77. The van der Waals surface area contributed by atoms with Crippen LogP contribution in [0.2, 0.25) is 5.15 Å².